The second kappa shape index (κ2) is 5.55. The molecule has 0 N–H and O–H groups in total. The van der Waals surface area contributed by atoms with Gasteiger partial charge in [-0.15, -0.1) is 0 Å². The molecular weight excluding hydrogens is 184 g/mol. The van der Waals surface area contributed by atoms with Gasteiger partial charge >= 0.3 is 0 Å². The van der Waals surface area contributed by atoms with Gasteiger partial charge in [-0.3, -0.25) is 0 Å². The second-order valence-corrected chi connectivity index (χ2v) is 3.61. The molecule has 0 nitrogen and oxygen atoms in total. The van der Waals surface area contributed by atoms with Gasteiger partial charge in [0, 0.05) is 0 Å². The summed E-state index contributed by atoms with van der Waals surface area (Å²) >= 11 is 8.46. The summed E-state index contributed by atoms with van der Waals surface area (Å²) in [7, 11) is 0. The molecule has 0 spiro atoms. The lowest BCUT2D eigenvalue weighted by atomic mass is 10.0. The summed E-state index contributed by atoms with van der Waals surface area (Å²) in [6, 6.07) is 8.52. The Morgan fingerprint density at radius 1 is 0.833 bits per heavy atom. The van der Waals surface area contributed by atoms with Crippen molar-refractivity contribution in [2.45, 2.75) is 12.8 Å². The van der Waals surface area contributed by atoms with Crippen molar-refractivity contribution >= 4 is 25.3 Å². The largest absolute Gasteiger partial charge is 0.179 e. The van der Waals surface area contributed by atoms with E-state index in [-0.39, 0.29) is 0 Å². The average Bonchev–Trinajstić information content (AvgIpc) is 2.09. The Balaban J connectivity index is 2.77. The first-order valence-corrected chi connectivity index (χ1v) is 5.43. The van der Waals surface area contributed by atoms with Crippen LogP contribution in [0.5, 0.6) is 0 Å². The summed E-state index contributed by atoms with van der Waals surface area (Å²) in [5.74, 6) is 1.84. The van der Waals surface area contributed by atoms with E-state index in [1.54, 1.807) is 0 Å². The Hall–Kier alpha value is -0.0800. The quantitative estimate of drug-likeness (QED) is 0.683. The van der Waals surface area contributed by atoms with Crippen LogP contribution in [0.15, 0.2) is 24.3 Å². The number of rotatable bonds is 4. The first kappa shape index (κ1) is 10.0. The highest BCUT2D eigenvalue weighted by Gasteiger charge is 1.98. The highest BCUT2D eigenvalue weighted by Crippen LogP contribution is 2.11. The first-order chi connectivity index (χ1) is 5.88. The van der Waals surface area contributed by atoms with Crippen LogP contribution >= 0.6 is 25.3 Å². The molecule has 0 saturated heterocycles. The molecule has 0 radical (unpaired) electrons. The minimum atomic E-state index is 0.920. The summed E-state index contributed by atoms with van der Waals surface area (Å²) in [6.45, 7) is 0. The molecular formula is C10H14S2. The van der Waals surface area contributed by atoms with E-state index in [1.807, 2.05) is 0 Å². The van der Waals surface area contributed by atoms with Crippen molar-refractivity contribution in [2.24, 2.45) is 0 Å². The maximum Gasteiger partial charge on any atom is -0.00573 e. The lowest BCUT2D eigenvalue weighted by Crippen LogP contribution is -1.95. The summed E-state index contributed by atoms with van der Waals surface area (Å²) in [6.07, 6.45) is 2.13. The normalized spacial score (nSPS) is 10.2. The van der Waals surface area contributed by atoms with Crippen molar-refractivity contribution in [3.05, 3.63) is 35.4 Å². The summed E-state index contributed by atoms with van der Waals surface area (Å²) in [5.41, 5.74) is 2.84. The molecule has 0 aliphatic rings. The first-order valence-electron chi connectivity index (χ1n) is 4.17. The summed E-state index contributed by atoms with van der Waals surface area (Å²) in [5, 5.41) is 0. The zero-order chi connectivity index (χ0) is 8.81. The van der Waals surface area contributed by atoms with Crippen LogP contribution in [-0.2, 0) is 12.8 Å². The van der Waals surface area contributed by atoms with Crippen LogP contribution in [0.3, 0.4) is 0 Å². The number of hydrogen-bond donors (Lipinski definition) is 2. The molecule has 0 aromatic heterocycles. The van der Waals surface area contributed by atoms with Crippen LogP contribution in [0.2, 0.25) is 0 Å². The predicted octanol–water partition coefficient (Wildman–Crippen LogP) is 2.63. The van der Waals surface area contributed by atoms with Crippen molar-refractivity contribution in [2.75, 3.05) is 11.5 Å². The molecule has 0 saturated carbocycles. The van der Waals surface area contributed by atoms with E-state index in [9.17, 15) is 0 Å². The SMILES string of the molecule is SCCc1ccccc1CCS. The summed E-state index contributed by atoms with van der Waals surface area (Å²) < 4.78 is 0. The Labute approximate surface area is 85.2 Å². The molecule has 0 amide bonds. The van der Waals surface area contributed by atoms with Gasteiger partial charge in [0.05, 0.1) is 0 Å². The van der Waals surface area contributed by atoms with E-state index >= 15 is 0 Å². The third-order valence-corrected chi connectivity index (χ3v) is 2.33. The monoisotopic (exact) mass is 198 g/mol. The average molecular weight is 198 g/mol. The topological polar surface area (TPSA) is 0 Å². The third-order valence-electron chi connectivity index (χ3n) is 1.88. The Kier molecular flexibility index (Phi) is 4.62. The highest BCUT2D eigenvalue weighted by atomic mass is 32.1. The molecule has 0 unspecified atom stereocenters. The van der Waals surface area contributed by atoms with Gasteiger partial charge in [-0.05, 0) is 35.5 Å². The fraction of sp³-hybridized carbons (Fsp3) is 0.400. The van der Waals surface area contributed by atoms with Crippen LogP contribution in [0.1, 0.15) is 11.1 Å². The lowest BCUT2D eigenvalue weighted by molar-refractivity contribution is 1.06. The maximum absolute atomic E-state index is 4.23. The number of thiol groups is 2. The van der Waals surface area contributed by atoms with Crippen LogP contribution in [0, 0.1) is 0 Å². The Morgan fingerprint density at radius 3 is 1.58 bits per heavy atom. The van der Waals surface area contributed by atoms with Crippen molar-refractivity contribution in [1.29, 1.82) is 0 Å². The molecule has 1 rings (SSSR count). The molecule has 1 aromatic rings. The van der Waals surface area contributed by atoms with Gasteiger partial charge < -0.3 is 0 Å². The predicted molar refractivity (Wildman–Crippen MR) is 61.6 cm³/mol. The van der Waals surface area contributed by atoms with Crippen molar-refractivity contribution < 1.29 is 0 Å². The molecule has 0 aliphatic carbocycles. The number of benzene rings is 1. The minimum Gasteiger partial charge on any atom is -0.179 e. The summed E-state index contributed by atoms with van der Waals surface area (Å²) in [4.78, 5) is 0. The van der Waals surface area contributed by atoms with Crippen molar-refractivity contribution in [1.82, 2.24) is 0 Å². The van der Waals surface area contributed by atoms with Gasteiger partial charge in [-0.1, -0.05) is 24.3 Å². The van der Waals surface area contributed by atoms with E-state index in [1.165, 1.54) is 11.1 Å². The molecule has 0 bridgehead atoms. The van der Waals surface area contributed by atoms with E-state index in [0.717, 1.165) is 24.3 Å². The highest BCUT2D eigenvalue weighted by molar-refractivity contribution is 7.80. The lowest BCUT2D eigenvalue weighted by Gasteiger charge is -2.05. The minimum absolute atomic E-state index is 0.920. The van der Waals surface area contributed by atoms with Gasteiger partial charge in [0.1, 0.15) is 0 Å². The van der Waals surface area contributed by atoms with Crippen molar-refractivity contribution in [3.63, 3.8) is 0 Å². The third kappa shape index (κ3) is 2.76. The maximum atomic E-state index is 4.23. The Morgan fingerprint density at radius 2 is 1.25 bits per heavy atom. The standard InChI is InChI=1S/C10H14S2/c11-7-5-9-3-1-2-4-10(9)6-8-12/h1-4,11-12H,5-8H2. The van der Waals surface area contributed by atoms with Gasteiger partial charge in [0.2, 0.25) is 0 Å². The molecule has 0 atom stereocenters. The molecule has 2 heteroatoms. The number of hydrogen-bond acceptors (Lipinski definition) is 2. The zero-order valence-corrected chi connectivity index (χ0v) is 8.82. The zero-order valence-electron chi connectivity index (χ0n) is 7.03. The van der Waals surface area contributed by atoms with Gasteiger partial charge in [-0.25, -0.2) is 0 Å². The fourth-order valence-electron chi connectivity index (χ4n) is 1.29. The Bertz CT molecular complexity index is 208. The fourth-order valence-corrected chi connectivity index (χ4v) is 1.77. The van der Waals surface area contributed by atoms with Crippen molar-refractivity contribution in [3.8, 4) is 0 Å². The molecule has 1 aromatic carbocycles. The molecule has 0 heterocycles. The molecule has 0 aliphatic heterocycles. The van der Waals surface area contributed by atoms with Gasteiger partial charge in [0.15, 0.2) is 0 Å². The van der Waals surface area contributed by atoms with E-state index in [0.29, 0.717) is 0 Å². The second-order valence-electron chi connectivity index (χ2n) is 2.72. The smallest absolute Gasteiger partial charge is 0.00573 e. The van der Waals surface area contributed by atoms with E-state index in [4.69, 9.17) is 0 Å². The molecule has 12 heavy (non-hydrogen) atoms. The molecule has 66 valence electrons. The van der Waals surface area contributed by atoms with Crippen LogP contribution in [-0.4, -0.2) is 11.5 Å². The number of aryl methyl sites for hydroxylation is 2. The van der Waals surface area contributed by atoms with E-state index < -0.39 is 0 Å². The van der Waals surface area contributed by atoms with Crippen LogP contribution in [0.25, 0.3) is 0 Å². The van der Waals surface area contributed by atoms with Gasteiger partial charge in [0.25, 0.3) is 0 Å². The van der Waals surface area contributed by atoms with Gasteiger partial charge in [-0.2, -0.15) is 25.3 Å². The molecule has 0 fully saturated rings. The van der Waals surface area contributed by atoms with E-state index in [2.05, 4.69) is 49.5 Å². The van der Waals surface area contributed by atoms with Crippen LogP contribution in [0.4, 0.5) is 0 Å². The van der Waals surface area contributed by atoms with Crippen LogP contribution < -0.4 is 0 Å².